The van der Waals surface area contributed by atoms with Gasteiger partial charge in [-0.3, -0.25) is 4.79 Å². The molecule has 2 aromatic rings. The number of carbonyl (C=O) groups excluding carboxylic acids is 1. The molecule has 0 aliphatic heterocycles. The minimum atomic E-state index is -0.452. The number of benzene rings is 1. The largest absolute Gasteiger partial charge is 0.495 e. The average molecular weight is 323 g/mol. The van der Waals surface area contributed by atoms with Gasteiger partial charge in [0.1, 0.15) is 5.75 Å². The zero-order valence-electron chi connectivity index (χ0n) is 11.5. The highest BCUT2D eigenvalue weighted by Crippen LogP contribution is 2.42. The van der Waals surface area contributed by atoms with Crippen LogP contribution in [0.15, 0.2) is 24.3 Å². The molecule has 6 heteroatoms. The Morgan fingerprint density at radius 2 is 2.29 bits per heavy atom. The number of hydrogen-bond acceptors (Lipinski definition) is 4. The Hall–Kier alpha value is -1.72. The molecular weight excluding hydrogens is 308 g/mol. The number of methoxy groups -OCH3 is 1. The first-order chi connectivity index (χ1) is 10.1. The van der Waals surface area contributed by atoms with Gasteiger partial charge in [0, 0.05) is 10.4 Å². The number of thiophene rings is 1. The second kappa shape index (κ2) is 5.58. The average Bonchev–Trinajstić information content (AvgIpc) is 2.99. The van der Waals surface area contributed by atoms with Crippen molar-refractivity contribution in [2.45, 2.75) is 18.9 Å². The smallest absolute Gasteiger partial charge is 0.248 e. The van der Waals surface area contributed by atoms with E-state index in [2.05, 4.69) is 5.32 Å². The second-order valence-corrected chi connectivity index (χ2v) is 6.71. The Balaban J connectivity index is 1.91. The first-order valence-electron chi connectivity index (χ1n) is 6.61. The van der Waals surface area contributed by atoms with E-state index in [4.69, 9.17) is 22.1 Å². The molecule has 1 aromatic carbocycles. The molecule has 3 rings (SSSR count). The summed E-state index contributed by atoms with van der Waals surface area (Å²) in [6, 6.07) is 7.33. The third-order valence-electron chi connectivity index (χ3n) is 3.66. The molecule has 0 saturated carbocycles. The molecule has 21 heavy (non-hydrogen) atoms. The number of amides is 1. The van der Waals surface area contributed by atoms with Crippen LogP contribution in [0.1, 0.15) is 33.3 Å². The highest BCUT2D eigenvalue weighted by atomic mass is 35.5. The summed E-state index contributed by atoms with van der Waals surface area (Å²) in [5.74, 6) is 0.237. The van der Waals surface area contributed by atoms with E-state index in [1.165, 1.54) is 10.4 Å². The van der Waals surface area contributed by atoms with Crippen LogP contribution in [0.25, 0.3) is 0 Å². The zero-order valence-corrected chi connectivity index (χ0v) is 13.1. The highest BCUT2D eigenvalue weighted by molar-refractivity contribution is 7.16. The Morgan fingerprint density at radius 3 is 3.00 bits per heavy atom. The normalized spacial score (nSPS) is 16.6. The van der Waals surface area contributed by atoms with E-state index in [9.17, 15) is 4.79 Å². The fourth-order valence-electron chi connectivity index (χ4n) is 2.64. The highest BCUT2D eigenvalue weighted by Gasteiger charge is 2.25. The molecule has 110 valence electrons. The van der Waals surface area contributed by atoms with Gasteiger partial charge in [-0.1, -0.05) is 11.6 Å². The number of fused-ring (bicyclic) bond motifs is 1. The van der Waals surface area contributed by atoms with Gasteiger partial charge in [-0.15, -0.1) is 11.3 Å². The number of halogens is 1. The number of primary amides is 1. The summed E-state index contributed by atoms with van der Waals surface area (Å²) < 4.78 is 6.16. The zero-order chi connectivity index (χ0) is 15.0. The molecule has 1 unspecified atom stereocenters. The van der Waals surface area contributed by atoms with Crippen molar-refractivity contribution in [1.29, 1.82) is 0 Å². The quantitative estimate of drug-likeness (QED) is 0.903. The van der Waals surface area contributed by atoms with Crippen LogP contribution < -0.4 is 15.8 Å². The van der Waals surface area contributed by atoms with Crippen LogP contribution in [0.2, 0.25) is 4.34 Å². The van der Waals surface area contributed by atoms with Gasteiger partial charge in [-0.05, 0) is 42.7 Å². The predicted molar refractivity (Wildman–Crippen MR) is 85.5 cm³/mol. The number of carbonyl (C=O) groups is 1. The molecule has 1 amide bonds. The number of nitrogens with two attached hydrogens (primary N) is 1. The molecular formula is C15H15ClN2O2S. The van der Waals surface area contributed by atoms with Gasteiger partial charge in [-0.25, -0.2) is 0 Å². The number of nitrogens with one attached hydrogen (secondary N) is 1. The molecule has 0 saturated heterocycles. The number of ether oxygens (including phenoxy) is 1. The third-order valence-corrected chi connectivity index (χ3v) is 5.00. The van der Waals surface area contributed by atoms with E-state index in [-0.39, 0.29) is 6.04 Å². The second-order valence-electron chi connectivity index (χ2n) is 4.94. The summed E-state index contributed by atoms with van der Waals surface area (Å²) in [4.78, 5) is 12.7. The van der Waals surface area contributed by atoms with Crippen molar-refractivity contribution in [2.24, 2.45) is 5.73 Å². The molecule has 0 radical (unpaired) electrons. The molecule has 1 aromatic heterocycles. The summed E-state index contributed by atoms with van der Waals surface area (Å²) in [7, 11) is 1.60. The first-order valence-corrected chi connectivity index (χ1v) is 7.80. The van der Waals surface area contributed by atoms with E-state index in [1.807, 2.05) is 6.07 Å². The Labute approximate surface area is 131 Å². The van der Waals surface area contributed by atoms with Crippen molar-refractivity contribution in [2.75, 3.05) is 12.4 Å². The first kappa shape index (κ1) is 14.2. The molecule has 1 aliphatic rings. The Morgan fingerprint density at radius 1 is 1.48 bits per heavy atom. The molecule has 3 N–H and O–H groups in total. The van der Waals surface area contributed by atoms with Gasteiger partial charge in [0.15, 0.2) is 0 Å². The molecule has 1 heterocycles. The summed E-state index contributed by atoms with van der Waals surface area (Å²) >= 11 is 7.71. The van der Waals surface area contributed by atoms with Crippen LogP contribution in [-0.2, 0) is 6.42 Å². The van der Waals surface area contributed by atoms with Crippen molar-refractivity contribution in [3.05, 3.63) is 44.6 Å². The minimum Gasteiger partial charge on any atom is -0.495 e. The van der Waals surface area contributed by atoms with Gasteiger partial charge in [0.05, 0.1) is 23.2 Å². The van der Waals surface area contributed by atoms with Gasteiger partial charge < -0.3 is 15.8 Å². The van der Waals surface area contributed by atoms with Crippen LogP contribution in [0, 0.1) is 0 Å². The predicted octanol–water partition coefficient (Wildman–Crippen LogP) is 3.61. The maximum atomic E-state index is 11.3. The lowest BCUT2D eigenvalue weighted by Crippen LogP contribution is -2.13. The summed E-state index contributed by atoms with van der Waals surface area (Å²) in [6.45, 7) is 0. The maximum absolute atomic E-state index is 11.3. The van der Waals surface area contributed by atoms with Crippen molar-refractivity contribution in [3.8, 4) is 5.75 Å². The van der Waals surface area contributed by atoms with Crippen LogP contribution in [-0.4, -0.2) is 13.0 Å². The SMILES string of the molecule is COc1ccc(C(N)=O)cc1NC1CCc2sc(Cl)cc21. The van der Waals surface area contributed by atoms with Crippen molar-refractivity contribution < 1.29 is 9.53 Å². The van der Waals surface area contributed by atoms with Crippen LogP contribution in [0.3, 0.4) is 0 Å². The Kier molecular flexibility index (Phi) is 3.78. The fourth-order valence-corrected chi connectivity index (χ4v) is 4.00. The van der Waals surface area contributed by atoms with Crippen molar-refractivity contribution >= 4 is 34.5 Å². The van der Waals surface area contributed by atoms with Gasteiger partial charge in [0.25, 0.3) is 0 Å². The Bertz CT molecular complexity index is 699. The van der Waals surface area contributed by atoms with E-state index in [0.29, 0.717) is 11.3 Å². The van der Waals surface area contributed by atoms with Gasteiger partial charge in [-0.2, -0.15) is 0 Å². The lowest BCUT2D eigenvalue weighted by molar-refractivity contribution is 0.100. The maximum Gasteiger partial charge on any atom is 0.248 e. The number of hydrogen-bond donors (Lipinski definition) is 2. The van der Waals surface area contributed by atoms with Crippen LogP contribution in [0.4, 0.5) is 5.69 Å². The molecule has 0 bridgehead atoms. The summed E-state index contributed by atoms with van der Waals surface area (Å²) in [6.07, 6.45) is 2.02. The van der Waals surface area contributed by atoms with E-state index in [1.54, 1.807) is 36.6 Å². The number of anilines is 1. The van der Waals surface area contributed by atoms with Gasteiger partial charge >= 0.3 is 0 Å². The monoisotopic (exact) mass is 322 g/mol. The van der Waals surface area contributed by atoms with E-state index >= 15 is 0 Å². The number of rotatable bonds is 4. The van der Waals surface area contributed by atoms with E-state index < -0.39 is 5.91 Å². The summed E-state index contributed by atoms with van der Waals surface area (Å²) in [5, 5.41) is 3.44. The minimum absolute atomic E-state index is 0.181. The third kappa shape index (κ3) is 2.71. The van der Waals surface area contributed by atoms with E-state index in [0.717, 1.165) is 22.9 Å². The molecule has 0 spiro atoms. The molecule has 1 aliphatic carbocycles. The molecule has 0 fully saturated rings. The fraction of sp³-hybridized carbons (Fsp3) is 0.267. The van der Waals surface area contributed by atoms with Gasteiger partial charge in [0.2, 0.25) is 5.91 Å². The lowest BCUT2D eigenvalue weighted by atomic mass is 10.1. The standard InChI is InChI=1S/C15H15ClN2O2S/c1-20-12-4-2-8(15(17)19)6-11(12)18-10-3-5-13-9(10)7-14(16)21-13/h2,4,6-7,10,18H,3,5H2,1H3,(H2,17,19). The summed E-state index contributed by atoms with van der Waals surface area (Å²) in [5.41, 5.74) is 7.80. The number of aryl methyl sites for hydroxylation is 1. The van der Waals surface area contributed by atoms with Crippen molar-refractivity contribution in [1.82, 2.24) is 0 Å². The van der Waals surface area contributed by atoms with Crippen LogP contribution in [0.5, 0.6) is 5.75 Å². The topological polar surface area (TPSA) is 64.3 Å². The molecule has 1 atom stereocenters. The molecule has 4 nitrogen and oxygen atoms in total. The van der Waals surface area contributed by atoms with Crippen molar-refractivity contribution in [3.63, 3.8) is 0 Å². The van der Waals surface area contributed by atoms with Crippen LogP contribution >= 0.6 is 22.9 Å². The lowest BCUT2D eigenvalue weighted by Gasteiger charge is -2.17.